The summed E-state index contributed by atoms with van der Waals surface area (Å²) in [7, 11) is -4.09. The van der Waals surface area contributed by atoms with Gasteiger partial charge in [-0.05, 0) is 41.2 Å². The van der Waals surface area contributed by atoms with Crippen LogP contribution >= 0.6 is 0 Å². The van der Waals surface area contributed by atoms with Crippen molar-refractivity contribution in [2.24, 2.45) is 0 Å². The van der Waals surface area contributed by atoms with Gasteiger partial charge in [-0.25, -0.2) is 4.79 Å². The number of rotatable bonds is 6. The van der Waals surface area contributed by atoms with E-state index in [0.29, 0.717) is 11.1 Å². The van der Waals surface area contributed by atoms with E-state index in [1.54, 1.807) is 42.3 Å². The van der Waals surface area contributed by atoms with Crippen LogP contribution in [0.15, 0.2) is 46.1 Å². The summed E-state index contributed by atoms with van der Waals surface area (Å²) in [5.74, 6) is -0.704. The zero-order valence-electron chi connectivity index (χ0n) is 27.5. The van der Waals surface area contributed by atoms with Gasteiger partial charge in [0.25, 0.3) is 11.5 Å². The second-order valence-corrected chi connectivity index (χ2v) is 22.6. The summed E-state index contributed by atoms with van der Waals surface area (Å²) in [6.45, 7) is 19.3. The van der Waals surface area contributed by atoms with E-state index in [-0.39, 0.29) is 39.9 Å². The molecule has 3 aliphatic rings. The summed E-state index contributed by atoms with van der Waals surface area (Å²) in [6, 6.07) is 8.29. The average Bonchev–Trinajstić information content (AvgIpc) is 3.11. The van der Waals surface area contributed by atoms with Crippen LogP contribution in [0.25, 0.3) is 0 Å². The van der Waals surface area contributed by atoms with E-state index in [9.17, 15) is 14.4 Å². The maximum absolute atomic E-state index is 14.1. The predicted octanol–water partition coefficient (Wildman–Crippen LogP) is 4.48. The van der Waals surface area contributed by atoms with Gasteiger partial charge in [0, 0.05) is 24.4 Å². The molecule has 0 aliphatic carbocycles. The fourth-order valence-electron chi connectivity index (χ4n) is 7.15. The zero-order chi connectivity index (χ0) is 32.4. The lowest BCUT2D eigenvalue weighted by Gasteiger charge is -2.55. The molecule has 0 saturated carbocycles. The van der Waals surface area contributed by atoms with Gasteiger partial charge in [-0.1, -0.05) is 73.6 Å². The molecule has 1 unspecified atom stereocenters. The lowest BCUT2D eigenvalue weighted by Crippen LogP contribution is -2.71. The molecule has 0 spiro atoms. The van der Waals surface area contributed by atoms with Gasteiger partial charge in [-0.3, -0.25) is 19.0 Å². The fraction of sp³-hybridized carbons (Fsp3) is 0.645. The Kier molecular flexibility index (Phi) is 8.92. The molecule has 4 atom stereocenters. The molecule has 1 aromatic carbocycles. The van der Waals surface area contributed by atoms with Gasteiger partial charge in [-0.15, -0.1) is 0 Å². The molecular formula is C31H47N3O8Si2. The van der Waals surface area contributed by atoms with Gasteiger partial charge in [0.1, 0.15) is 11.7 Å². The van der Waals surface area contributed by atoms with Crippen LogP contribution in [0, 0.1) is 6.92 Å². The van der Waals surface area contributed by atoms with Gasteiger partial charge >= 0.3 is 22.8 Å². The number of aryl methyl sites for hydroxylation is 1. The number of hydroxylamine groups is 2. The summed E-state index contributed by atoms with van der Waals surface area (Å²) in [5, 5.41) is 1.71. The molecule has 11 nitrogen and oxygen atoms in total. The van der Waals surface area contributed by atoms with Crippen LogP contribution in [0.1, 0.15) is 77.5 Å². The van der Waals surface area contributed by atoms with Crippen LogP contribution in [-0.4, -0.2) is 75.2 Å². The third-order valence-corrected chi connectivity index (χ3v) is 19.6. The smallest absolute Gasteiger partial charge is 0.340 e. The van der Waals surface area contributed by atoms with Crippen LogP contribution < -0.4 is 11.2 Å². The molecule has 1 aromatic heterocycles. The van der Waals surface area contributed by atoms with Crippen molar-refractivity contribution >= 4 is 23.0 Å². The second-order valence-electron chi connectivity index (χ2n) is 13.7. The van der Waals surface area contributed by atoms with Gasteiger partial charge in [0.2, 0.25) is 0 Å². The number of likely N-dealkylation sites (N-methyl/N-ethyl adjacent to an activating group) is 1. The molecule has 242 valence electrons. The molecule has 3 aliphatic heterocycles. The van der Waals surface area contributed by atoms with Crippen LogP contribution in [0.2, 0.25) is 22.2 Å². The maximum atomic E-state index is 14.1. The average molecular weight is 646 g/mol. The summed E-state index contributed by atoms with van der Waals surface area (Å²) >= 11 is 0. The van der Waals surface area contributed by atoms with Crippen molar-refractivity contribution in [1.82, 2.24) is 14.2 Å². The number of aromatic nitrogens is 2. The summed E-state index contributed by atoms with van der Waals surface area (Å²) < 4.78 is 30.6. The topological polar surface area (TPSA) is 110 Å². The quantitative estimate of drug-likeness (QED) is 0.420. The highest BCUT2D eigenvalue weighted by molar-refractivity contribution is 6.84. The van der Waals surface area contributed by atoms with Crippen molar-refractivity contribution < 1.29 is 27.3 Å². The molecule has 4 heterocycles. The van der Waals surface area contributed by atoms with Crippen molar-refractivity contribution in [3.63, 3.8) is 0 Å². The number of hydrogen-bond donors (Lipinski definition) is 0. The molecule has 2 aromatic rings. The molecule has 5 rings (SSSR count). The van der Waals surface area contributed by atoms with Crippen molar-refractivity contribution in [3.8, 4) is 0 Å². The first-order valence-corrected chi connectivity index (χ1v) is 19.6. The van der Waals surface area contributed by atoms with Gasteiger partial charge in [-0.2, -0.15) is 9.63 Å². The largest absolute Gasteiger partial charge is 0.414 e. The van der Waals surface area contributed by atoms with E-state index in [1.165, 1.54) is 10.8 Å². The minimum atomic E-state index is -3.04. The third kappa shape index (κ3) is 5.15. The number of carbonyl (C=O) groups excluding carboxylic acids is 1. The molecule has 3 fully saturated rings. The zero-order valence-corrected chi connectivity index (χ0v) is 29.5. The SMILES string of the molecule is Cc1cn([C@@H]2O[C@]34CO[Si](C(C)C)(C(C)C)O[Si](C(C)C)(C(C)C)O[C@@H]3C2ON(C)C4)c(=O)n(C(=O)c2ccccc2)c1=O. The van der Waals surface area contributed by atoms with Crippen molar-refractivity contribution in [2.45, 2.75) is 109 Å². The van der Waals surface area contributed by atoms with Crippen molar-refractivity contribution in [2.75, 3.05) is 20.2 Å². The summed E-state index contributed by atoms with van der Waals surface area (Å²) in [4.78, 5) is 47.1. The monoisotopic (exact) mass is 645 g/mol. The number of nitrogens with zero attached hydrogens (tertiary/aromatic N) is 3. The third-order valence-electron chi connectivity index (χ3n) is 9.42. The van der Waals surface area contributed by atoms with E-state index in [1.807, 2.05) is 7.05 Å². The minimum Gasteiger partial charge on any atom is -0.414 e. The Hall–Kier alpha value is -2.24. The fourth-order valence-corrected chi connectivity index (χ4v) is 18.4. The predicted molar refractivity (Wildman–Crippen MR) is 170 cm³/mol. The maximum Gasteiger partial charge on any atom is 0.340 e. The van der Waals surface area contributed by atoms with Crippen molar-refractivity contribution in [3.05, 3.63) is 68.5 Å². The first kappa shape index (κ1) is 33.1. The highest BCUT2D eigenvalue weighted by Gasteiger charge is 2.68. The Morgan fingerprint density at radius 2 is 1.52 bits per heavy atom. The molecule has 0 N–H and O–H groups in total. The Balaban J connectivity index is 1.68. The van der Waals surface area contributed by atoms with E-state index in [0.717, 1.165) is 0 Å². The molecular weight excluding hydrogens is 599 g/mol. The highest BCUT2D eigenvalue weighted by atomic mass is 28.5. The number of benzene rings is 1. The number of hydrogen-bond acceptors (Lipinski definition) is 9. The molecule has 0 amide bonds. The van der Waals surface area contributed by atoms with Crippen molar-refractivity contribution in [1.29, 1.82) is 0 Å². The number of carbonyl (C=O) groups is 1. The number of ether oxygens (including phenoxy) is 1. The van der Waals surface area contributed by atoms with E-state index in [2.05, 4.69) is 55.4 Å². The standard InChI is InChI=1S/C31H47N3O8Si2/c1-19(2)43(20(3)4)38-18-31-17-32(10)40-25(26(31)41-44(42-43,21(5)6)22(7)8)29(39-31)33-16-23(9)27(35)34(30(33)37)28(36)24-14-12-11-13-15-24/h11-16,19-22,25-26,29H,17-18H2,1-10H3/t25?,26-,29-,31-/m1/s1. The Labute approximate surface area is 261 Å². The Bertz CT molecular complexity index is 1490. The van der Waals surface area contributed by atoms with E-state index < -0.39 is 58.3 Å². The van der Waals surface area contributed by atoms with Crippen LogP contribution in [0.4, 0.5) is 0 Å². The Morgan fingerprint density at radius 1 is 0.932 bits per heavy atom. The first-order valence-electron chi connectivity index (χ1n) is 15.6. The normalized spacial score (nSPS) is 28.4. The second kappa shape index (κ2) is 11.8. The Morgan fingerprint density at radius 3 is 2.09 bits per heavy atom. The molecule has 44 heavy (non-hydrogen) atoms. The van der Waals surface area contributed by atoms with E-state index >= 15 is 0 Å². The molecule has 3 saturated heterocycles. The van der Waals surface area contributed by atoms with Crippen LogP contribution in [-0.2, 0) is 22.5 Å². The molecule has 2 bridgehead atoms. The van der Waals surface area contributed by atoms with E-state index in [4.69, 9.17) is 22.5 Å². The minimum absolute atomic E-state index is 0.0819. The van der Waals surface area contributed by atoms with Gasteiger partial charge in [0.15, 0.2) is 12.3 Å². The first-order chi connectivity index (χ1) is 20.6. The van der Waals surface area contributed by atoms with Crippen LogP contribution in [0.3, 0.4) is 0 Å². The molecule has 0 radical (unpaired) electrons. The lowest BCUT2D eigenvalue weighted by molar-refractivity contribution is -0.257. The lowest BCUT2D eigenvalue weighted by atomic mass is 9.94. The van der Waals surface area contributed by atoms with Crippen LogP contribution in [0.5, 0.6) is 0 Å². The highest BCUT2D eigenvalue weighted by Crippen LogP contribution is 2.53. The summed E-state index contributed by atoms with van der Waals surface area (Å²) in [6.07, 6.45) is -0.933. The molecule has 13 heteroatoms. The van der Waals surface area contributed by atoms with Gasteiger partial charge < -0.3 is 17.7 Å². The van der Waals surface area contributed by atoms with Gasteiger partial charge in [0.05, 0.1) is 13.2 Å². The summed E-state index contributed by atoms with van der Waals surface area (Å²) in [5.41, 5.74) is -1.56.